The summed E-state index contributed by atoms with van der Waals surface area (Å²) in [6.07, 6.45) is 8.82. The average Bonchev–Trinajstić information content (AvgIpc) is 3.41. The van der Waals surface area contributed by atoms with Gasteiger partial charge in [-0.05, 0) is 86.3 Å². The number of aromatic nitrogens is 1. The summed E-state index contributed by atoms with van der Waals surface area (Å²) in [4.78, 5) is 34.7. The van der Waals surface area contributed by atoms with Crippen molar-refractivity contribution < 1.29 is 19.7 Å². The third kappa shape index (κ3) is 4.81. The summed E-state index contributed by atoms with van der Waals surface area (Å²) in [6, 6.07) is 3.18. The summed E-state index contributed by atoms with van der Waals surface area (Å²) >= 11 is 1.46. The van der Waals surface area contributed by atoms with Gasteiger partial charge in [-0.15, -0.1) is 11.3 Å². The molecule has 0 radical (unpaired) electrons. The molecule has 0 bridgehead atoms. The van der Waals surface area contributed by atoms with Crippen LogP contribution in [0.2, 0.25) is 0 Å². The SMILES string of the molecule is C=CCO/N=C1\CC(CCC(=O)Nc2ncc(C)s2)C2C3CCc4cc(O)c([N+](=O)[O-])cc4C3CCC12C. The number of thiazole rings is 1. The number of fused-ring (bicyclic) bond motifs is 5. The molecule has 2 aromatic rings. The highest BCUT2D eigenvalue weighted by atomic mass is 32.1. The summed E-state index contributed by atoms with van der Waals surface area (Å²) in [5.41, 5.74) is 2.67. The molecule has 202 valence electrons. The Morgan fingerprint density at radius 1 is 1.45 bits per heavy atom. The molecule has 1 aromatic carbocycles. The van der Waals surface area contributed by atoms with Crippen LogP contribution in [-0.4, -0.2) is 33.2 Å². The largest absolute Gasteiger partial charge is 0.502 e. The average molecular weight is 539 g/mol. The Balaban J connectivity index is 1.42. The lowest BCUT2D eigenvalue weighted by Crippen LogP contribution is -2.44. The predicted molar refractivity (Wildman–Crippen MR) is 147 cm³/mol. The first-order valence-corrected chi connectivity index (χ1v) is 14.1. The second kappa shape index (κ2) is 10.5. The van der Waals surface area contributed by atoms with Crippen molar-refractivity contribution in [2.45, 2.75) is 64.7 Å². The third-order valence-electron chi connectivity index (χ3n) is 8.87. The zero-order valence-electron chi connectivity index (χ0n) is 21.8. The molecule has 9 nitrogen and oxygen atoms in total. The third-order valence-corrected chi connectivity index (χ3v) is 9.70. The van der Waals surface area contributed by atoms with Gasteiger partial charge in [-0.1, -0.05) is 24.7 Å². The maximum Gasteiger partial charge on any atom is 0.310 e. The lowest BCUT2D eigenvalue weighted by Gasteiger charge is -2.50. The van der Waals surface area contributed by atoms with E-state index < -0.39 is 4.92 Å². The lowest BCUT2D eigenvalue weighted by molar-refractivity contribution is -0.386. The van der Waals surface area contributed by atoms with E-state index in [4.69, 9.17) is 4.84 Å². The molecule has 0 spiro atoms. The molecule has 5 rings (SSSR count). The molecule has 5 atom stereocenters. The number of benzene rings is 1. The van der Waals surface area contributed by atoms with Gasteiger partial charge < -0.3 is 15.3 Å². The number of rotatable bonds is 8. The Morgan fingerprint density at radius 3 is 2.97 bits per heavy atom. The number of anilines is 1. The minimum absolute atomic E-state index is 0.0400. The Kier molecular flexibility index (Phi) is 7.26. The lowest BCUT2D eigenvalue weighted by atomic mass is 9.54. The van der Waals surface area contributed by atoms with Gasteiger partial charge in [0.1, 0.15) is 6.61 Å². The van der Waals surface area contributed by atoms with Crippen LogP contribution in [0.4, 0.5) is 10.8 Å². The number of aromatic hydroxyl groups is 1. The van der Waals surface area contributed by atoms with Crippen molar-refractivity contribution in [1.29, 1.82) is 0 Å². The molecular weight excluding hydrogens is 504 g/mol. The smallest absolute Gasteiger partial charge is 0.310 e. The molecule has 1 aromatic heterocycles. The molecule has 3 aliphatic carbocycles. The number of nitrogens with zero attached hydrogens (tertiary/aromatic N) is 3. The van der Waals surface area contributed by atoms with Gasteiger partial charge in [-0.25, -0.2) is 4.98 Å². The monoisotopic (exact) mass is 538 g/mol. The van der Waals surface area contributed by atoms with Crippen LogP contribution < -0.4 is 5.32 Å². The van der Waals surface area contributed by atoms with Crippen LogP contribution in [0.1, 0.15) is 67.4 Å². The second-order valence-corrected chi connectivity index (χ2v) is 12.3. The molecule has 2 saturated carbocycles. The first kappa shape index (κ1) is 26.3. The first-order valence-electron chi connectivity index (χ1n) is 13.2. The van der Waals surface area contributed by atoms with E-state index in [9.17, 15) is 20.0 Å². The molecule has 5 unspecified atom stereocenters. The minimum atomic E-state index is -0.505. The Labute approximate surface area is 226 Å². The number of hydrogen-bond donors (Lipinski definition) is 2. The van der Waals surface area contributed by atoms with Gasteiger partial charge in [0.15, 0.2) is 10.9 Å². The Morgan fingerprint density at radius 2 is 2.26 bits per heavy atom. The highest BCUT2D eigenvalue weighted by Crippen LogP contribution is 2.63. The maximum atomic E-state index is 12.8. The number of carbonyl (C=O) groups is 1. The van der Waals surface area contributed by atoms with E-state index in [1.807, 2.05) is 6.92 Å². The number of phenolic OH excluding ortho intramolecular Hbond substituents is 1. The van der Waals surface area contributed by atoms with E-state index in [0.717, 1.165) is 60.2 Å². The number of carbonyl (C=O) groups excluding carboxylic acids is 1. The van der Waals surface area contributed by atoms with Crippen molar-refractivity contribution in [1.82, 2.24) is 4.98 Å². The number of nitrogens with one attached hydrogen (secondary N) is 1. The number of nitro benzene ring substituents is 1. The number of hydrogen-bond acceptors (Lipinski definition) is 8. The minimum Gasteiger partial charge on any atom is -0.502 e. The molecule has 2 fully saturated rings. The van der Waals surface area contributed by atoms with Gasteiger partial charge in [0.2, 0.25) is 5.91 Å². The van der Waals surface area contributed by atoms with Crippen LogP contribution in [0.5, 0.6) is 5.75 Å². The Bertz CT molecular complexity index is 1290. The summed E-state index contributed by atoms with van der Waals surface area (Å²) in [5, 5.41) is 29.9. The van der Waals surface area contributed by atoms with Crippen LogP contribution in [0.25, 0.3) is 0 Å². The number of oxime groups is 1. The van der Waals surface area contributed by atoms with E-state index in [1.165, 1.54) is 11.3 Å². The second-order valence-electron chi connectivity index (χ2n) is 11.0. The summed E-state index contributed by atoms with van der Waals surface area (Å²) in [7, 11) is 0. The van der Waals surface area contributed by atoms with Gasteiger partial charge in [0.05, 0.1) is 10.6 Å². The van der Waals surface area contributed by atoms with Gasteiger partial charge in [0, 0.05) is 29.0 Å². The van der Waals surface area contributed by atoms with Gasteiger partial charge in [-0.2, -0.15) is 0 Å². The molecule has 1 amide bonds. The van der Waals surface area contributed by atoms with Crippen molar-refractivity contribution in [3.63, 3.8) is 0 Å². The molecule has 3 aliphatic rings. The van der Waals surface area contributed by atoms with Crippen molar-refractivity contribution >= 4 is 33.8 Å². The van der Waals surface area contributed by atoms with E-state index in [2.05, 4.69) is 29.0 Å². The molecular formula is C28H34N4O5S. The topological polar surface area (TPSA) is 127 Å². The molecule has 0 aliphatic heterocycles. The van der Waals surface area contributed by atoms with Gasteiger partial charge in [0.25, 0.3) is 0 Å². The zero-order chi connectivity index (χ0) is 27.0. The fourth-order valence-electron chi connectivity index (χ4n) is 7.31. The number of aryl methyl sites for hydroxylation is 2. The summed E-state index contributed by atoms with van der Waals surface area (Å²) in [6.45, 7) is 8.29. The van der Waals surface area contributed by atoms with Crippen LogP contribution in [0, 0.1) is 40.2 Å². The molecule has 1 heterocycles. The zero-order valence-corrected chi connectivity index (χ0v) is 22.6. The number of nitro groups is 1. The normalized spacial score (nSPS) is 28.7. The van der Waals surface area contributed by atoms with E-state index in [1.54, 1.807) is 24.4 Å². The molecule has 2 N–H and O–H groups in total. The predicted octanol–water partition coefficient (Wildman–Crippen LogP) is 6.13. The van der Waals surface area contributed by atoms with Crippen LogP contribution >= 0.6 is 11.3 Å². The van der Waals surface area contributed by atoms with Crippen LogP contribution in [0.15, 0.2) is 36.1 Å². The van der Waals surface area contributed by atoms with E-state index >= 15 is 0 Å². The van der Waals surface area contributed by atoms with E-state index in [-0.39, 0.29) is 40.5 Å². The number of phenols is 1. The van der Waals surface area contributed by atoms with Crippen molar-refractivity contribution in [3.8, 4) is 5.75 Å². The van der Waals surface area contributed by atoms with Crippen molar-refractivity contribution in [2.24, 2.45) is 28.3 Å². The van der Waals surface area contributed by atoms with Crippen molar-refractivity contribution in [2.75, 3.05) is 11.9 Å². The number of amides is 1. The van der Waals surface area contributed by atoms with Gasteiger partial charge in [-0.3, -0.25) is 14.9 Å². The van der Waals surface area contributed by atoms with Crippen molar-refractivity contribution in [3.05, 3.63) is 57.1 Å². The van der Waals surface area contributed by atoms with Gasteiger partial charge >= 0.3 is 5.69 Å². The van der Waals surface area contributed by atoms with Crippen LogP contribution in [-0.2, 0) is 16.1 Å². The fourth-order valence-corrected chi connectivity index (χ4v) is 7.99. The fraction of sp³-hybridized carbons (Fsp3) is 0.536. The van der Waals surface area contributed by atoms with E-state index in [0.29, 0.717) is 24.1 Å². The highest BCUT2D eigenvalue weighted by molar-refractivity contribution is 7.15. The quantitative estimate of drug-likeness (QED) is 0.180. The Hall–Kier alpha value is -3.27. The molecule has 10 heteroatoms. The summed E-state index contributed by atoms with van der Waals surface area (Å²) in [5.74, 6) is 0.717. The molecule has 0 saturated heterocycles. The standard InChI is InChI=1S/C28H34N4O5S/c1-4-11-37-31-24-13-18(6-8-25(34)30-27-29-15-16(2)38-27)26-20-7-5-17-12-23(33)22(32(35)36)14-21(17)19(20)9-10-28(24,26)3/h4,12,14-15,18-20,26,33H,1,5-11,13H2,2-3H3,(H,29,30,34)/b31-24+. The maximum absolute atomic E-state index is 12.8. The first-order chi connectivity index (χ1) is 18.2. The highest BCUT2D eigenvalue weighted by Gasteiger charge is 2.57. The molecule has 38 heavy (non-hydrogen) atoms. The summed E-state index contributed by atoms with van der Waals surface area (Å²) < 4.78 is 0. The van der Waals surface area contributed by atoms with Crippen LogP contribution in [0.3, 0.4) is 0 Å².